The summed E-state index contributed by atoms with van der Waals surface area (Å²) >= 11 is 7.60. The summed E-state index contributed by atoms with van der Waals surface area (Å²) in [5.74, 6) is 0.526. The minimum absolute atomic E-state index is 0.122. The predicted molar refractivity (Wildman–Crippen MR) is 98.4 cm³/mol. The van der Waals surface area contributed by atoms with E-state index in [1.807, 2.05) is 0 Å². The molecule has 1 aromatic heterocycles. The molecule has 0 radical (unpaired) electrons. The Morgan fingerprint density at radius 3 is 2.32 bits per heavy atom. The van der Waals surface area contributed by atoms with Gasteiger partial charge in [-0.15, -0.1) is 0 Å². The van der Waals surface area contributed by atoms with E-state index >= 15 is 0 Å². The third-order valence-electron chi connectivity index (χ3n) is 6.32. The van der Waals surface area contributed by atoms with Crippen molar-refractivity contribution in [2.24, 2.45) is 5.41 Å². The van der Waals surface area contributed by atoms with Gasteiger partial charge in [-0.25, -0.2) is 9.97 Å². The molecule has 0 aliphatic heterocycles. The van der Waals surface area contributed by atoms with Crippen molar-refractivity contribution in [3.8, 4) is 0 Å². The van der Waals surface area contributed by atoms with Crippen LogP contribution in [0.25, 0.3) is 11.0 Å². The fraction of sp³-hybridized carbons (Fsp3) is 0.556. The first kappa shape index (κ1) is 15.1. The molecule has 2 aliphatic rings. The van der Waals surface area contributed by atoms with Crippen LogP contribution in [0.3, 0.4) is 0 Å². The van der Waals surface area contributed by atoms with Crippen LogP contribution in [0.4, 0.5) is 0 Å². The van der Waals surface area contributed by atoms with Gasteiger partial charge in [-0.3, -0.25) is 0 Å². The zero-order valence-electron chi connectivity index (χ0n) is 13.2. The number of benzene rings is 1. The molecule has 1 aromatic carbocycles. The molecule has 4 rings (SSSR count). The quantitative estimate of drug-likeness (QED) is 0.622. The highest BCUT2D eigenvalue weighted by atomic mass is 79.9. The van der Waals surface area contributed by atoms with Crippen LogP contribution in [0.15, 0.2) is 12.1 Å². The van der Waals surface area contributed by atoms with Crippen molar-refractivity contribution >= 4 is 42.9 Å². The van der Waals surface area contributed by atoms with Crippen molar-refractivity contribution in [1.29, 1.82) is 0 Å². The zero-order valence-corrected chi connectivity index (χ0v) is 16.4. The molecule has 1 saturated carbocycles. The van der Waals surface area contributed by atoms with E-state index in [-0.39, 0.29) is 10.8 Å². The molecule has 1 fully saturated rings. The lowest BCUT2D eigenvalue weighted by atomic mass is 9.70. The van der Waals surface area contributed by atoms with Crippen LogP contribution in [0, 0.1) is 19.3 Å². The third-order valence-corrected chi connectivity index (χ3v) is 8.44. The van der Waals surface area contributed by atoms with Gasteiger partial charge in [0.25, 0.3) is 0 Å². The fourth-order valence-corrected chi connectivity index (χ4v) is 6.69. The second kappa shape index (κ2) is 4.76. The van der Waals surface area contributed by atoms with Gasteiger partial charge in [0.15, 0.2) is 0 Å². The van der Waals surface area contributed by atoms with Crippen LogP contribution >= 0.6 is 31.9 Å². The van der Waals surface area contributed by atoms with Crippen LogP contribution in [-0.2, 0) is 5.41 Å². The lowest BCUT2D eigenvalue weighted by Crippen LogP contribution is -2.40. The van der Waals surface area contributed by atoms with E-state index in [1.165, 1.54) is 35.4 Å². The first-order chi connectivity index (χ1) is 10.5. The van der Waals surface area contributed by atoms with Gasteiger partial charge < -0.3 is 0 Å². The number of halogens is 2. The molecule has 0 spiro atoms. The lowest BCUT2D eigenvalue weighted by molar-refractivity contribution is 0.243. The summed E-state index contributed by atoms with van der Waals surface area (Å²) < 4.78 is 0. The van der Waals surface area contributed by atoms with E-state index in [4.69, 9.17) is 9.97 Å². The molecule has 4 heteroatoms. The molecular formula is C18H20Br2N2. The average Bonchev–Trinajstić information content (AvgIpc) is 2.91. The molecule has 0 amide bonds. The van der Waals surface area contributed by atoms with Gasteiger partial charge in [0, 0.05) is 22.0 Å². The lowest BCUT2D eigenvalue weighted by Gasteiger charge is -2.38. The molecule has 0 N–H and O–H groups in total. The Morgan fingerprint density at radius 2 is 1.73 bits per heavy atom. The van der Waals surface area contributed by atoms with Crippen molar-refractivity contribution in [1.82, 2.24) is 9.97 Å². The Labute approximate surface area is 148 Å². The number of nitrogens with zero attached hydrogens (tertiary/aromatic N) is 2. The van der Waals surface area contributed by atoms with Gasteiger partial charge in [-0.1, -0.05) is 38.8 Å². The number of hydrogen-bond donors (Lipinski definition) is 0. The van der Waals surface area contributed by atoms with E-state index in [0.29, 0.717) is 5.92 Å². The van der Waals surface area contributed by atoms with Gasteiger partial charge in [0.05, 0.1) is 22.4 Å². The summed E-state index contributed by atoms with van der Waals surface area (Å²) in [5, 5.41) is 1.97. The maximum atomic E-state index is 5.11. The summed E-state index contributed by atoms with van der Waals surface area (Å²) in [6, 6.07) is 4.38. The Kier molecular flexibility index (Phi) is 3.26. The molecule has 22 heavy (non-hydrogen) atoms. The molecule has 3 atom stereocenters. The van der Waals surface area contributed by atoms with Crippen molar-refractivity contribution in [3.63, 3.8) is 0 Å². The Bertz CT molecular complexity index is 788. The molecule has 0 unspecified atom stereocenters. The molecule has 2 bridgehead atoms. The van der Waals surface area contributed by atoms with Crippen LogP contribution in [0.2, 0.25) is 0 Å². The first-order valence-corrected chi connectivity index (χ1v) is 10.1. The molecule has 2 aliphatic carbocycles. The van der Waals surface area contributed by atoms with Gasteiger partial charge in [-0.2, -0.15) is 0 Å². The highest BCUT2D eigenvalue weighted by Crippen LogP contribution is 2.68. The second-order valence-electron chi connectivity index (χ2n) is 7.24. The van der Waals surface area contributed by atoms with E-state index in [2.05, 4.69) is 64.8 Å². The maximum absolute atomic E-state index is 5.11. The van der Waals surface area contributed by atoms with E-state index in [9.17, 15) is 0 Å². The monoisotopic (exact) mass is 422 g/mol. The number of alkyl halides is 2. The molecular weight excluding hydrogens is 404 g/mol. The van der Waals surface area contributed by atoms with E-state index in [0.717, 1.165) is 21.7 Å². The molecule has 116 valence electrons. The largest absolute Gasteiger partial charge is 0.249 e. The minimum atomic E-state index is 0.122. The minimum Gasteiger partial charge on any atom is -0.249 e. The summed E-state index contributed by atoms with van der Waals surface area (Å²) in [6.45, 7) is 6.71. The highest BCUT2D eigenvalue weighted by Gasteiger charge is 2.65. The molecule has 0 saturated heterocycles. The molecule has 2 aromatic rings. The van der Waals surface area contributed by atoms with Crippen molar-refractivity contribution in [2.75, 3.05) is 10.7 Å². The average molecular weight is 424 g/mol. The smallest absolute Gasteiger partial charge is 0.0893 e. The summed E-state index contributed by atoms with van der Waals surface area (Å²) in [4.78, 5) is 10.2. The summed E-state index contributed by atoms with van der Waals surface area (Å²) in [7, 11) is 0. The summed E-state index contributed by atoms with van der Waals surface area (Å²) in [6.07, 6.45) is 2.44. The van der Waals surface area contributed by atoms with Gasteiger partial charge in [0.2, 0.25) is 0 Å². The highest BCUT2D eigenvalue weighted by molar-refractivity contribution is 9.09. The normalized spacial score (nSPS) is 32.7. The van der Waals surface area contributed by atoms with E-state index in [1.54, 1.807) is 0 Å². The standard InChI is InChI=1S/C18H20Br2N2/c1-10-6-13-14(7-11(10)2)22-16-15(21-13)12-4-5-18(16,9-20)17(12,3)8-19/h6-7,12H,4-5,8-9H2,1-3H3/t12-,17+,18-/m1/s1. The van der Waals surface area contributed by atoms with Gasteiger partial charge in [0.1, 0.15) is 0 Å². The number of rotatable bonds is 2. The number of hydrogen-bond acceptors (Lipinski definition) is 2. The van der Waals surface area contributed by atoms with Crippen LogP contribution in [0.1, 0.15) is 48.2 Å². The summed E-state index contributed by atoms with van der Waals surface area (Å²) in [5.41, 5.74) is 7.52. The van der Waals surface area contributed by atoms with Crippen molar-refractivity contribution in [3.05, 3.63) is 34.6 Å². The number of fused-ring (bicyclic) bond motifs is 6. The zero-order chi connectivity index (χ0) is 15.7. The topological polar surface area (TPSA) is 25.8 Å². The Hall–Kier alpha value is -0.480. The number of aryl methyl sites for hydroxylation is 2. The Morgan fingerprint density at radius 1 is 1.09 bits per heavy atom. The molecule has 2 nitrogen and oxygen atoms in total. The maximum Gasteiger partial charge on any atom is 0.0893 e. The third kappa shape index (κ3) is 1.61. The Balaban J connectivity index is 2.04. The SMILES string of the molecule is Cc1cc2nc3c(nc2cc1C)[C@]1(CBr)CC[C@H]3[C@]1(C)CBr. The number of aromatic nitrogens is 2. The van der Waals surface area contributed by atoms with Crippen molar-refractivity contribution in [2.45, 2.75) is 44.9 Å². The van der Waals surface area contributed by atoms with Crippen LogP contribution in [-0.4, -0.2) is 20.6 Å². The first-order valence-electron chi connectivity index (χ1n) is 7.88. The fourth-order valence-electron chi connectivity index (χ4n) is 4.58. The van der Waals surface area contributed by atoms with Crippen molar-refractivity contribution < 1.29 is 0 Å². The van der Waals surface area contributed by atoms with Crippen LogP contribution < -0.4 is 0 Å². The van der Waals surface area contributed by atoms with Gasteiger partial charge >= 0.3 is 0 Å². The van der Waals surface area contributed by atoms with Crippen LogP contribution in [0.5, 0.6) is 0 Å². The predicted octanol–water partition coefficient (Wildman–Crippen LogP) is 5.17. The van der Waals surface area contributed by atoms with Gasteiger partial charge in [-0.05, 0) is 55.4 Å². The second-order valence-corrected chi connectivity index (χ2v) is 8.36. The van der Waals surface area contributed by atoms with E-state index < -0.39 is 0 Å². The molecule has 1 heterocycles.